The molecule has 2 aliphatic rings. The molecule has 1 aromatic rings. The average molecular weight is 208 g/mol. The first-order valence-corrected chi connectivity index (χ1v) is 5.18. The molecule has 1 N–H and O–H groups in total. The minimum atomic E-state index is -0.924. The Kier molecular flexibility index (Phi) is 1.82. The number of carboxylic acids is 1. The third kappa shape index (κ3) is 1.34. The average Bonchev–Trinajstić information content (AvgIpc) is 2.99. The molecule has 1 saturated carbocycles. The summed E-state index contributed by atoms with van der Waals surface area (Å²) in [4.78, 5) is 11.0. The van der Waals surface area contributed by atoms with Gasteiger partial charge in [0.1, 0.15) is 0 Å². The maximum absolute atomic E-state index is 11.0. The number of fused-ring (bicyclic) bond motifs is 1. The van der Waals surface area contributed by atoms with Crippen molar-refractivity contribution in [2.75, 3.05) is 6.61 Å². The fourth-order valence-corrected chi connectivity index (χ4v) is 2.06. The second-order valence-corrected chi connectivity index (χ2v) is 4.06. The first kappa shape index (κ1) is 8.91. The molecule has 0 unspecified atom stereocenters. The Morgan fingerprint density at radius 2 is 2.33 bits per heavy atom. The number of carbonyl (C=O) groups is 1. The molecular weight excluding hydrogens is 196 g/mol. The highest BCUT2D eigenvalue weighted by Gasteiger charge is 2.32. The normalized spacial score (nSPS) is 20.0. The quantitative estimate of drug-likeness (QED) is 0.787. The molecule has 2 heterocycles. The molecule has 0 bridgehead atoms. The van der Waals surface area contributed by atoms with E-state index in [9.17, 15) is 4.79 Å². The molecule has 80 valence electrons. The highest BCUT2D eigenvalue weighted by molar-refractivity contribution is 5.87. The van der Waals surface area contributed by atoms with Gasteiger partial charge < -0.3 is 9.84 Å². The van der Waals surface area contributed by atoms with Crippen LogP contribution in [0.5, 0.6) is 0 Å². The molecule has 1 fully saturated rings. The lowest BCUT2D eigenvalue weighted by molar-refractivity contribution is 0.0686. The van der Waals surface area contributed by atoms with E-state index in [1.807, 2.05) is 4.68 Å². The molecule has 0 amide bonds. The van der Waals surface area contributed by atoms with Gasteiger partial charge in [0.25, 0.3) is 0 Å². The molecule has 5 heteroatoms. The molecule has 0 radical (unpaired) electrons. The fourth-order valence-electron chi connectivity index (χ4n) is 2.06. The van der Waals surface area contributed by atoms with Gasteiger partial charge in [-0.2, -0.15) is 5.10 Å². The van der Waals surface area contributed by atoms with Gasteiger partial charge in [0.2, 0.25) is 0 Å². The Balaban J connectivity index is 2.11. The Hall–Kier alpha value is -1.36. The van der Waals surface area contributed by atoms with E-state index in [1.54, 1.807) is 0 Å². The SMILES string of the molecule is O=C(O)c1nn(C2CC2)c2c1CCOC2. The largest absolute Gasteiger partial charge is 0.476 e. The van der Waals surface area contributed by atoms with Crippen molar-refractivity contribution in [1.82, 2.24) is 9.78 Å². The van der Waals surface area contributed by atoms with Crippen molar-refractivity contribution in [3.8, 4) is 0 Å². The van der Waals surface area contributed by atoms with Crippen molar-refractivity contribution >= 4 is 5.97 Å². The van der Waals surface area contributed by atoms with Gasteiger partial charge in [0, 0.05) is 12.0 Å². The van der Waals surface area contributed by atoms with Crippen LogP contribution in [0.1, 0.15) is 40.6 Å². The first-order chi connectivity index (χ1) is 7.27. The van der Waals surface area contributed by atoms with Crippen LogP contribution < -0.4 is 0 Å². The second kappa shape index (κ2) is 3.06. The predicted octanol–water partition coefficient (Wildman–Crippen LogP) is 0.989. The van der Waals surface area contributed by atoms with Gasteiger partial charge in [-0.3, -0.25) is 4.68 Å². The van der Waals surface area contributed by atoms with E-state index in [2.05, 4.69) is 5.10 Å². The molecular formula is C10H12N2O3. The van der Waals surface area contributed by atoms with Crippen molar-refractivity contribution in [3.05, 3.63) is 17.0 Å². The van der Waals surface area contributed by atoms with Crippen molar-refractivity contribution in [1.29, 1.82) is 0 Å². The van der Waals surface area contributed by atoms with Gasteiger partial charge in [-0.25, -0.2) is 4.79 Å². The van der Waals surface area contributed by atoms with Gasteiger partial charge in [0.15, 0.2) is 5.69 Å². The summed E-state index contributed by atoms with van der Waals surface area (Å²) in [7, 11) is 0. The van der Waals surface area contributed by atoms with Crippen molar-refractivity contribution < 1.29 is 14.6 Å². The molecule has 0 spiro atoms. The van der Waals surface area contributed by atoms with Crippen LogP contribution in [0.25, 0.3) is 0 Å². The third-order valence-corrected chi connectivity index (χ3v) is 2.95. The lowest BCUT2D eigenvalue weighted by atomic mass is 10.1. The van der Waals surface area contributed by atoms with Gasteiger partial charge in [0.05, 0.1) is 24.9 Å². The standard InChI is InChI=1S/C10H12N2O3/c13-10(14)9-7-3-4-15-5-8(7)12(11-9)6-1-2-6/h6H,1-5H2,(H,13,14). The smallest absolute Gasteiger partial charge is 0.356 e. The number of aromatic carboxylic acids is 1. The van der Waals surface area contributed by atoms with Crippen LogP contribution in [0.4, 0.5) is 0 Å². The first-order valence-electron chi connectivity index (χ1n) is 5.18. The number of aromatic nitrogens is 2. The fraction of sp³-hybridized carbons (Fsp3) is 0.600. The lowest BCUT2D eigenvalue weighted by Crippen LogP contribution is -2.13. The van der Waals surface area contributed by atoms with Crippen molar-refractivity contribution in [3.63, 3.8) is 0 Å². The Labute approximate surface area is 86.7 Å². The number of ether oxygens (including phenoxy) is 1. The maximum atomic E-state index is 11.0. The van der Waals surface area contributed by atoms with E-state index in [0.717, 1.165) is 24.1 Å². The summed E-state index contributed by atoms with van der Waals surface area (Å²) in [6.07, 6.45) is 2.88. The van der Waals surface area contributed by atoms with Crippen LogP contribution in [0.15, 0.2) is 0 Å². The molecule has 0 saturated heterocycles. The van der Waals surface area contributed by atoms with E-state index in [1.165, 1.54) is 0 Å². The summed E-state index contributed by atoms with van der Waals surface area (Å²) in [5.74, 6) is -0.924. The number of hydrogen-bond donors (Lipinski definition) is 1. The molecule has 15 heavy (non-hydrogen) atoms. The third-order valence-electron chi connectivity index (χ3n) is 2.95. The van der Waals surface area contributed by atoms with E-state index in [0.29, 0.717) is 25.7 Å². The predicted molar refractivity (Wildman–Crippen MR) is 50.8 cm³/mol. The molecule has 0 aromatic carbocycles. The van der Waals surface area contributed by atoms with E-state index in [-0.39, 0.29) is 5.69 Å². The minimum Gasteiger partial charge on any atom is -0.476 e. The highest BCUT2D eigenvalue weighted by Crippen LogP contribution is 2.37. The summed E-state index contributed by atoms with van der Waals surface area (Å²) in [5.41, 5.74) is 2.07. The van der Waals surface area contributed by atoms with E-state index >= 15 is 0 Å². The van der Waals surface area contributed by atoms with Crippen LogP contribution >= 0.6 is 0 Å². The van der Waals surface area contributed by atoms with Gasteiger partial charge in [-0.1, -0.05) is 0 Å². The summed E-state index contributed by atoms with van der Waals surface area (Å²) >= 11 is 0. The van der Waals surface area contributed by atoms with Crippen LogP contribution in [0.2, 0.25) is 0 Å². The highest BCUT2D eigenvalue weighted by atomic mass is 16.5. The van der Waals surface area contributed by atoms with Gasteiger partial charge in [-0.05, 0) is 12.8 Å². The summed E-state index contributed by atoms with van der Waals surface area (Å²) in [6.45, 7) is 1.11. The molecule has 0 atom stereocenters. The van der Waals surface area contributed by atoms with Crippen molar-refractivity contribution in [2.45, 2.75) is 31.9 Å². The maximum Gasteiger partial charge on any atom is 0.356 e. The lowest BCUT2D eigenvalue weighted by Gasteiger charge is -2.14. The zero-order chi connectivity index (χ0) is 10.4. The van der Waals surface area contributed by atoms with Crippen LogP contribution in [-0.2, 0) is 17.8 Å². The topological polar surface area (TPSA) is 64.3 Å². The number of nitrogens with zero attached hydrogens (tertiary/aromatic N) is 2. The van der Waals surface area contributed by atoms with E-state index in [4.69, 9.17) is 9.84 Å². The number of carboxylic acid groups (broad SMARTS) is 1. The Morgan fingerprint density at radius 1 is 1.53 bits per heavy atom. The monoisotopic (exact) mass is 208 g/mol. The molecule has 1 aliphatic heterocycles. The van der Waals surface area contributed by atoms with Crippen LogP contribution in [0.3, 0.4) is 0 Å². The number of rotatable bonds is 2. The van der Waals surface area contributed by atoms with Gasteiger partial charge in [-0.15, -0.1) is 0 Å². The Bertz CT molecular complexity index is 421. The molecule has 5 nitrogen and oxygen atoms in total. The zero-order valence-electron chi connectivity index (χ0n) is 8.27. The van der Waals surface area contributed by atoms with Gasteiger partial charge >= 0.3 is 5.97 Å². The zero-order valence-corrected chi connectivity index (χ0v) is 8.27. The Morgan fingerprint density at radius 3 is 3.00 bits per heavy atom. The summed E-state index contributed by atoms with van der Waals surface area (Å²) in [6, 6.07) is 0.411. The van der Waals surface area contributed by atoms with Crippen LogP contribution in [-0.4, -0.2) is 27.5 Å². The molecule has 1 aliphatic carbocycles. The summed E-state index contributed by atoms with van der Waals surface area (Å²) < 4.78 is 7.21. The van der Waals surface area contributed by atoms with E-state index < -0.39 is 5.97 Å². The van der Waals surface area contributed by atoms with Crippen molar-refractivity contribution in [2.24, 2.45) is 0 Å². The molecule has 1 aromatic heterocycles. The minimum absolute atomic E-state index is 0.222. The number of hydrogen-bond acceptors (Lipinski definition) is 3. The molecule has 3 rings (SSSR count). The van der Waals surface area contributed by atoms with Crippen LogP contribution in [0, 0.1) is 0 Å². The second-order valence-electron chi connectivity index (χ2n) is 4.06. The summed E-state index contributed by atoms with van der Waals surface area (Å²) in [5, 5.41) is 13.2.